The van der Waals surface area contributed by atoms with Gasteiger partial charge in [0.1, 0.15) is 5.82 Å². The van der Waals surface area contributed by atoms with Crippen molar-refractivity contribution in [2.24, 2.45) is 5.92 Å². The van der Waals surface area contributed by atoms with Crippen molar-refractivity contribution in [1.82, 2.24) is 4.98 Å². The van der Waals surface area contributed by atoms with Crippen molar-refractivity contribution in [2.75, 3.05) is 11.9 Å². The summed E-state index contributed by atoms with van der Waals surface area (Å²) < 4.78 is 1.05. The van der Waals surface area contributed by atoms with Gasteiger partial charge in [-0.2, -0.15) is 0 Å². The number of anilines is 1. The molecular weight excluding hydrogens is 240 g/mol. The summed E-state index contributed by atoms with van der Waals surface area (Å²) in [4.78, 5) is 6.56. The molecule has 0 aliphatic rings. The summed E-state index contributed by atoms with van der Waals surface area (Å²) in [5, 5.41) is 0. The number of hydrogen-bond donors (Lipinski definition) is 0. The highest BCUT2D eigenvalue weighted by Gasteiger charge is 2.16. The van der Waals surface area contributed by atoms with Gasteiger partial charge in [-0.05, 0) is 40.9 Å². The van der Waals surface area contributed by atoms with E-state index in [4.69, 9.17) is 0 Å². The van der Waals surface area contributed by atoms with Crippen LogP contribution in [0.4, 0.5) is 5.82 Å². The van der Waals surface area contributed by atoms with Crippen LogP contribution in [0.15, 0.2) is 22.8 Å². The first-order chi connectivity index (χ1) is 6.54. The molecule has 0 saturated heterocycles. The molecule has 14 heavy (non-hydrogen) atoms. The van der Waals surface area contributed by atoms with Gasteiger partial charge in [0.25, 0.3) is 0 Å². The minimum absolute atomic E-state index is 0.487. The number of rotatable bonds is 3. The van der Waals surface area contributed by atoms with Gasteiger partial charge in [-0.3, -0.25) is 0 Å². The van der Waals surface area contributed by atoms with Gasteiger partial charge in [0.15, 0.2) is 0 Å². The highest BCUT2D eigenvalue weighted by Crippen LogP contribution is 2.25. The Balaban J connectivity index is 2.89. The molecular formula is C11H17BrN2. The molecule has 0 aromatic carbocycles. The molecule has 0 aliphatic carbocycles. The third-order valence-electron chi connectivity index (χ3n) is 2.65. The fraction of sp³-hybridized carbons (Fsp3) is 0.545. The van der Waals surface area contributed by atoms with Crippen molar-refractivity contribution in [3.8, 4) is 0 Å². The quantitative estimate of drug-likeness (QED) is 0.825. The lowest BCUT2D eigenvalue weighted by Crippen LogP contribution is -2.33. The van der Waals surface area contributed by atoms with Gasteiger partial charge in [0.2, 0.25) is 0 Å². The molecule has 0 saturated carbocycles. The second kappa shape index (κ2) is 4.78. The van der Waals surface area contributed by atoms with Crippen molar-refractivity contribution >= 4 is 21.7 Å². The van der Waals surface area contributed by atoms with Crippen LogP contribution in [0, 0.1) is 5.92 Å². The van der Waals surface area contributed by atoms with Crippen molar-refractivity contribution in [3.05, 3.63) is 22.8 Å². The number of pyridine rings is 1. The normalized spacial score (nSPS) is 13.0. The van der Waals surface area contributed by atoms with Crippen molar-refractivity contribution in [2.45, 2.75) is 26.8 Å². The van der Waals surface area contributed by atoms with E-state index in [1.807, 2.05) is 18.3 Å². The summed E-state index contributed by atoms with van der Waals surface area (Å²) in [6, 6.07) is 4.44. The first-order valence-electron chi connectivity index (χ1n) is 4.87. The zero-order chi connectivity index (χ0) is 10.7. The predicted molar refractivity (Wildman–Crippen MR) is 64.6 cm³/mol. The van der Waals surface area contributed by atoms with E-state index in [2.05, 4.69) is 53.6 Å². The zero-order valence-electron chi connectivity index (χ0n) is 9.16. The third-order valence-corrected chi connectivity index (χ3v) is 3.27. The maximum absolute atomic E-state index is 4.36. The van der Waals surface area contributed by atoms with E-state index in [9.17, 15) is 0 Å². The topological polar surface area (TPSA) is 16.1 Å². The molecule has 1 heterocycles. The van der Waals surface area contributed by atoms with Crippen LogP contribution in [0.3, 0.4) is 0 Å². The summed E-state index contributed by atoms with van der Waals surface area (Å²) in [6.07, 6.45) is 1.82. The molecule has 0 N–H and O–H groups in total. The van der Waals surface area contributed by atoms with Crippen molar-refractivity contribution < 1.29 is 0 Å². The van der Waals surface area contributed by atoms with Crippen LogP contribution in [-0.2, 0) is 0 Å². The number of aromatic nitrogens is 1. The molecule has 3 heteroatoms. The summed E-state index contributed by atoms with van der Waals surface area (Å²) in [6.45, 7) is 6.65. The molecule has 0 radical (unpaired) electrons. The summed E-state index contributed by atoms with van der Waals surface area (Å²) >= 11 is 3.51. The van der Waals surface area contributed by atoms with E-state index >= 15 is 0 Å². The molecule has 1 unspecified atom stereocenters. The lowest BCUT2D eigenvalue weighted by molar-refractivity contribution is 0.502. The third kappa shape index (κ3) is 2.47. The molecule has 0 bridgehead atoms. The highest BCUT2D eigenvalue weighted by molar-refractivity contribution is 9.10. The van der Waals surface area contributed by atoms with Crippen LogP contribution in [0.1, 0.15) is 20.8 Å². The lowest BCUT2D eigenvalue weighted by atomic mass is 10.1. The standard InChI is InChI=1S/C11H17BrN2/c1-8(2)9(3)14(4)11-10(12)6-5-7-13-11/h5-9H,1-4H3. The second-order valence-electron chi connectivity index (χ2n) is 3.90. The minimum atomic E-state index is 0.487. The Kier molecular flexibility index (Phi) is 3.93. The van der Waals surface area contributed by atoms with Crippen LogP contribution in [-0.4, -0.2) is 18.1 Å². The zero-order valence-corrected chi connectivity index (χ0v) is 10.7. The Hall–Kier alpha value is -0.570. The molecule has 0 aliphatic heterocycles. The SMILES string of the molecule is CC(C)C(C)N(C)c1ncccc1Br. The van der Waals surface area contributed by atoms with E-state index in [0.29, 0.717) is 12.0 Å². The van der Waals surface area contributed by atoms with Gasteiger partial charge in [0, 0.05) is 19.3 Å². The predicted octanol–water partition coefficient (Wildman–Crippen LogP) is 3.32. The van der Waals surface area contributed by atoms with E-state index in [1.54, 1.807) is 0 Å². The fourth-order valence-corrected chi connectivity index (χ4v) is 1.81. The Bertz CT molecular complexity index is 299. The average Bonchev–Trinajstić information content (AvgIpc) is 2.16. The van der Waals surface area contributed by atoms with Gasteiger partial charge in [-0.25, -0.2) is 4.98 Å². The van der Waals surface area contributed by atoms with Gasteiger partial charge in [-0.15, -0.1) is 0 Å². The molecule has 1 aromatic rings. The smallest absolute Gasteiger partial charge is 0.142 e. The number of hydrogen-bond acceptors (Lipinski definition) is 2. The maximum atomic E-state index is 4.36. The van der Waals surface area contributed by atoms with Crippen molar-refractivity contribution in [1.29, 1.82) is 0 Å². The lowest BCUT2D eigenvalue weighted by Gasteiger charge is -2.29. The number of nitrogens with zero attached hydrogens (tertiary/aromatic N) is 2. The summed E-state index contributed by atoms with van der Waals surface area (Å²) in [5.74, 6) is 1.63. The Morgan fingerprint density at radius 3 is 2.50 bits per heavy atom. The van der Waals surface area contributed by atoms with Crippen LogP contribution in [0.2, 0.25) is 0 Å². The van der Waals surface area contributed by atoms with Gasteiger partial charge < -0.3 is 4.90 Å². The monoisotopic (exact) mass is 256 g/mol. The molecule has 2 nitrogen and oxygen atoms in total. The molecule has 1 rings (SSSR count). The minimum Gasteiger partial charge on any atom is -0.356 e. The van der Waals surface area contributed by atoms with Gasteiger partial charge >= 0.3 is 0 Å². The maximum Gasteiger partial charge on any atom is 0.142 e. The first-order valence-corrected chi connectivity index (χ1v) is 5.66. The van der Waals surface area contributed by atoms with E-state index in [1.165, 1.54) is 0 Å². The molecule has 1 aromatic heterocycles. The van der Waals surface area contributed by atoms with Crippen LogP contribution in [0.25, 0.3) is 0 Å². The van der Waals surface area contributed by atoms with Crippen LogP contribution in [0.5, 0.6) is 0 Å². The van der Waals surface area contributed by atoms with Crippen LogP contribution >= 0.6 is 15.9 Å². The van der Waals surface area contributed by atoms with E-state index in [-0.39, 0.29) is 0 Å². The van der Waals surface area contributed by atoms with E-state index in [0.717, 1.165) is 10.3 Å². The van der Waals surface area contributed by atoms with Crippen molar-refractivity contribution in [3.63, 3.8) is 0 Å². The Morgan fingerprint density at radius 2 is 2.00 bits per heavy atom. The molecule has 0 spiro atoms. The first kappa shape index (κ1) is 11.5. The summed E-state index contributed by atoms with van der Waals surface area (Å²) in [5.41, 5.74) is 0. The largest absolute Gasteiger partial charge is 0.356 e. The number of halogens is 1. The average molecular weight is 257 g/mol. The Morgan fingerprint density at radius 1 is 1.36 bits per heavy atom. The van der Waals surface area contributed by atoms with Gasteiger partial charge in [0.05, 0.1) is 4.47 Å². The molecule has 0 fully saturated rings. The van der Waals surface area contributed by atoms with E-state index < -0.39 is 0 Å². The van der Waals surface area contributed by atoms with Crippen LogP contribution < -0.4 is 4.90 Å². The van der Waals surface area contributed by atoms with Gasteiger partial charge in [-0.1, -0.05) is 13.8 Å². The Labute approximate surface area is 94.5 Å². The second-order valence-corrected chi connectivity index (χ2v) is 4.76. The molecule has 1 atom stereocenters. The molecule has 0 amide bonds. The fourth-order valence-electron chi connectivity index (χ4n) is 1.28. The molecule has 78 valence electrons. The highest BCUT2D eigenvalue weighted by atomic mass is 79.9. The summed E-state index contributed by atoms with van der Waals surface area (Å²) in [7, 11) is 2.08.